The molecule has 3 aliphatic rings. The van der Waals surface area contributed by atoms with Crippen LogP contribution in [-0.4, -0.2) is 28.4 Å². The van der Waals surface area contributed by atoms with E-state index in [0.29, 0.717) is 45.1 Å². The van der Waals surface area contributed by atoms with Gasteiger partial charge in [-0.3, -0.25) is 14.4 Å². The summed E-state index contributed by atoms with van der Waals surface area (Å²) < 4.78 is 15.4. The average Bonchev–Trinajstić information content (AvgIpc) is 3.38. The predicted octanol–water partition coefficient (Wildman–Crippen LogP) is 4.42. The van der Waals surface area contributed by atoms with Gasteiger partial charge in [0.2, 0.25) is 5.95 Å². The van der Waals surface area contributed by atoms with E-state index in [9.17, 15) is 9.18 Å². The highest BCUT2D eigenvalue weighted by molar-refractivity contribution is 6.44. The van der Waals surface area contributed by atoms with Crippen molar-refractivity contribution in [3.8, 4) is 0 Å². The fourth-order valence-corrected chi connectivity index (χ4v) is 6.27. The third kappa shape index (κ3) is 3.44. The minimum Gasteiger partial charge on any atom is -0.342 e. The second-order valence-corrected chi connectivity index (χ2v) is 10.5. The number of anilines is 1. The van der Waals surface area contributed by atoms with Crippen LogP contribution in [-0.2, 0) is 20.0 Å². The van der Waals surface area contributed by atoms with Gasteiger partial charge in [0, 0.05) is 31.7 Å². The largest absolute Gasteiger partial charge is 0.342 e. The summed E-state index contributed by atoms with van der Waals surface area (Å²) in [5.74, 6) is 0.388. The molecule has 0 saturated carbocycles. The van der Waals surface area contributed by atoms with Crippen molar-refractivity contribution in [1.29, 1.82) is 0 Å². The molecule has 2 aromatic carbocycles. The van der Waals surface area contributed by atoms with E-state index in [1.165, 1.54) is 6.07 Å². The van der Waals surface area contributed by atoms with Gasteiger partial charge in [0.25, 0.3) is 5.56 Å². The Morgan fingerprint density at radius 2 is 1.94 bits per heavy atom. The maximum Gasteiger partial charge on any atom is 0.264 e. The zero-order chi connectivity index (χ0) is 24.5. The van der Waals surface area contributed by atoms with Gasteiger partial charge in [-0.1, -0.05) is 41.4 Å². The van der Waals surface area contributed by atoms with E-state index < -0.39 is 0 Å². The van der Waals surface area contributed by atoms with Crippen molar-refractivity contribution in [2.75, 3.05) is 18.0 Å². The number of rotatable bonds is 2. The van der Waals surface area contributed by atoms with E-state index in [1.54, 1.807) is 29.8 Å². The monoisotopic (exact) mass is 511 g/mol. The summed E-state index contributed by atoms with van der Waals surface area (Å²) in [6, 6.07) is 10.1. The minimum atomic E-state index is -0.244. The van der Waals surface area contributed by atoms with Gasteiger partial charge >= 0.3 is 0 Å². The third-order valence-corrected chi connectivity index (χ3v) is 8.68. The van der Waals surface area contributed by atoms with Gasteiger partial charge in [0.15, 0.2) is 0 Å². The second-order valence-electron chi connectivity index (χ2n) is 9.71. The Morgan fingerprint density at radius 3 is 2.71 bits per heavy atom. The summed E-state index contributed by atoms with van der Waals surface area (Å²) in [6.45, 7) is 1.76. The number of hydrogen-bond acceptors (Lipinski definition) is 5. The summed E-state index contributed by atoms with van der Waals surface area (Å²) in [7, 11) is 1.74. The van der Waals surface area contributed by atoms with Crippen LogP contribution < -0.4 is 16.2 Å². The Labute approximate surface area is 212 Å². The Bertz CT molecular complexity index is 1460. The van der Waals surface area contributed by atoms with E-state index in [-0.39, 0.29) is 22.8 Å². The normalized spacial score (nSPS) is 20.2. The van der Waals surface area contributed by atoms with Crippen LogP contribution in [0.1, 0.15) is 46.8 Å². The molecule has 1 fully saturated rings. The Balaban J connectivity index is 1.28. The lowest BCUT2D eigenvalue weighted by Gasteiger charge is -2.42. The molecule has 0 amide bonds. The number of halogens is 3. The first-order valence-electron chi connectivity index (χ1n) is 11.7. The molecule has 1 atom stereocenters. The van der Waals surface area contributed by atoms with Crippen LogP contribution in [0.15, 0.2) is 46.2 Å². The van der Waals surface area contributed by atoms with E-state index >= 15 is 0 Å². The molecule has 0 bridgehead atoms. The summed E-state index contributed by atoms with van der Waals surface area (Å²) >= 11 is 12.6. The van der Waals surface area contributed by atoms with Crippen molar-refractivity contribution in [2.24, 2.45) is 23.2 Å². The van der Waals surface area contributed by atoms with Crippen molar-refractivity contribution in [3.05, 3.63) is 90.6 Å². The number of hydrogen-bond donors (Lipinski definition) is 1. The van der Waals surface area contributed by atoms with Crippen LogP contribution in [0.25, 0.3) is 0 Å². The van der Waals surface area contributed by atoms with Crippen molar-refractivity contribution >= 4 is 34.9 Å². The van der Waals surface area contributed by atoms with Crippen LogP contribution in [0.2, 0.25) is 10.0 Å². The molecule has 9 heteroatoms. The summed E-state index contributed by atoms with van der Waals surface area (Å²) in [5.41, 5.74) is 10.7. The first kappa shape index (κ1) is 22.7. The van der Waals surface area contributed by atoms with Gasteiger partial charge in [0.05, 0.1) is 33.6 Å². The minimum absolute atomic E-state index is 0.0954. The van der Waals surface area contributed by atoms with E-state index in [2.05, 4.69) is 9.89 Å². The van der Waals surface area contributed by atoms with Crippen LogP contribution in [0.3, 0.4) is 0 Å². The van der Waals surface area contributed by atoms with Crippen molar-refractivity contribution in [2.45, 2.75) is 31.8 Å². The second kappa shape index (κ2) is 8.15. The Hall–Kier alpha value is -2.74. The molecule has 0 unspecified atom stereocenters. The lowest BCUT2D eigenvalue weighted by atomic mass is 9.73. The standard InChI is InChI=1S/C26H24Cl2FN5O/c1-33-24(35)20-19(13-31-22(20)16-3-2-4-18(27)21(16)28)32-25(33)34-9-7-26(8-10-34)12-14-5-6-15(29)11-17(14)23(26)30/h2-6,11,23H,7-10,12-13,30H2,1H3/t23-/m1/s1. The maximum atomic E-state index is 13.8. The van der Waals surface area contributed by atoms with Crippen LogP contribution >= 0.6 is 23.2 Å². The fraction of sp³-hybridized carbons (Fsp3) is 0.346. The van der Waals surface area contributed by atoms with Crippen molar-refractivity contribution < 1.29 is 4.39 Å². The van der Waals surface area contributed by atoms with Gasteiger partial charge in [-0.15, -0.1) is 0 Å². The number of nitrogens with zero attached hydrogens (tertiary/aromatic N) is 4. The first-order chi connectivity index (χ1) is 16.8. The number of nitrogens with two attached hydrogens (primary N) is 1. The van der Waals surface area contributed by atoms with Gasteiger partial charge in [0.1, 0.15) is 5.82 Å². The topological polar surface area (TPSA) is 76.5 Å². The molecule has 1 saturated heterocycles. The molecule has 1 aromatic heterocycles. The lowest BCUT2D eigenvalue weighted by molar-refractivity contribution is 0.186. The number of fused-ring (bicyclic) bond motifs is 2. The molecular weight excluding hydrogens is 488 g/mol. The summed E-state index contributed by atoms with van der Waals surface area (Å²) in [4.78, 5) is 25.1. The Morgan fingerprint density at radius 1 is 1.17 bits per heavy atom. The molecule has 0 radical (unpaired) electrons. The zero-order valence-corrected chi connectivity index (χ0v) is 20.7. The quantitative estimate of drug-likeness (QED) is 0.552. The molecule has 3 heterocycles. The molecular formula is C26H24Cl2FN5O. The molecule has 2 N–H and O–H groups in total. The molecule has 180 valence electrons. The molecule has 1 spiro atoms. The summed E-state index contributed by atoms with van der Waals surface area (Å²) in [5, 5.41) is 0.793. The highest BCUT2D eigenvalue weighted by Crippen LogP contribution is 2.51. The van der Waals surface area contributed by atoms with Gasteiger partial charge in [-0.05, 0) is 54.0 Å². The fourth-order valence-electron chi connectivity index (χ4n) is 5.88. The first-order valence-corrected chi connectivity index (χ1v) is 12.4. The van der Waals surface area contributed by atoms with E-state index in [4.69, 9.17) is 33.9 Å². The third-order valence-electron chi connectivity index (χ3n) is 7.86. The molecule has 35 heavy (non-hydrogen) atoms. The SMILES string of the molecule is Cn1c(N2CCC3(CC2)Cc2ccc(F)cc2[C@H]3N)nc2c(c1=O)C(c1cccc(Cl)c1Cl)=NC2. The number of benzene rings is 2. The predicted molar refractivity (Wildman–Crippen MR) is 136 cm³/mol. The molecule has 2 aliphatic heterocycles. The average molecular weight is 512 g/mol. The van der Waals surface area contributed by atoms with Crippen LogP contribution in [0.4, 0.5) is 10.3 Å². The van der Waals surface area contributed by atoms with E-state index in [1.807, 2.05) is 12.1 Å². The molecule has 3 aromatic rings. The van der Waals surface area contributed by atoms with Crippen molar-refractivity contribution in [1.82, 2.24) is 9.55 Å². The highest BCUT2D eigenvalue weighted by Gasteiger charge is 2.46. The molecule has 6 nitrogen and oxygen atoms in total. The van der Waals surface area contributed by atoms with Crippen molar-refractivity contribution in [3.63, 3.8) is 0 Å². The molecule has 6 rings (SSSR count). The highest BCUT2D eigenvalue weighted by atomic mass is 35.5. The lowest BCUT2D eigenvalue weighted by Crippen LogP contribution is -2.46. The smallest absolute Gasteiger partial charge is 0.264 e. The van der Waals surface area contributed by atoms with E-state index in [0.717, 1.165) is 43.5 Å². The van der Waals surface area contributed by atoms with Gasteiger partial charge < -0.3 is 10.6 Å². The zero-order valence-electron chi connectivity index (χ0n) is 19.2. The molecule has 1 aliphatic carbocycles. The number of piperidine rings is 1. The van der Waals surface area contributed by atoms with Crippen LogP contribution in [0.5, 0.6) is 0 Å². The number of aliphatic imine (C=N–C) groups is 1. The number of aromatic nitrogens is 2. The van der Waals surface area contributed by atoms with Crippen LogP contribution in [0, 0.1) is 11.2 Å². The van der Waals surface area contributed by atoms with Gasteiger partial charge in [-0.25, -0.2) is 9.37 Å². The Kier molecular flexibility index (Phi) is 5.29. The van der Waals surface area contributed by atoms with Gasteiger partial charge in [-0.2, -0.15) is 0 Å². The summed E-state index contributed by atoms with van der Waals surface area (Å²) in [6.07, 6.45) is 2.54. The maximum absolute atomic E-state index is 13.8.